The first-order valence-corrected chi connectivity index (χ1v) is 9.77. The number of carbonyl (C=O) groups excluding carboxylic acids is 1. The first kappa shape index (κ1) is 19.4. The summed E-state index contributed by atoms with van der Waals surface area (Å²) in [4.78, 5) is 26.8. The molecule has 29 heavy (non-hydrogen) atoms. The lowest BCUT2D eigenvalue weighted by atomic mass is 10.1. The molecular weight excluding hydrogens is 390 g/mol. The molecule has 1 aromatic heterocycles. The van der Waals surface area contributed by atoms with Gasteiger partial charge in [0.15, 0.2) is 0 Å². The number of aromatic nitrogens is 2. The van der Waals surface area contributed by atoms with Crippen LogP contribution in [0, 0.1) is 0 Å². The zero-order valence-electron chi connectivity index (χ0n) is 15.7. The van der Waals surface area contributed by atoms with Crippen LogP contribution in [-0.4, -0.2) is 40.3 Å². The number of ether oxygens (including phenoxy) is 1. The summed E-state index contributed by atoms with van der Waals surface area (Å²) in [7, 11) is 0. The van der Waals surface area contributed by atoms with E-state index in [2.05, 4.69) is 5.10 Å². The Morgan fingerprint density at radius 2 is 1.83 bits per heavy atom. The van der Waals surface area contributed by atoms with Gasteiger partial charge in [-0.05, 0) is 17.7 Å². The van der Waals surface area contributed by atoms with Crippen molar-refractivity contribution >= 4 is 17.5 Å². The third-order valence-corrected chi connectivity index (χ3v) is 5.22. The maximum absolute atomic E-state index is 12.9. The number of hydrogen-bond donors (Lipinski definition) is 0. The fraction of sp³-hybridized carbons (Fsp3) is 0.227. The van der Waals surface area contributed by atoms with Gasteiger partial charge in [0, 0.05) is 18.2 Å². The van der Waals surface area contributed by atoms with Crippen molar-refractivity contribution in [2.75, 3.05) is 19.7 Å². The number of rotatable bonds is 4. The summed E-state index contributed by atoms with van der Waals surface area (Å²) in [6.07, 6.45) is -0.173. The summed E-state index contributed by atoms with van der Waals surface area (Å²) in [5.41, 5.74) is 1.96. The van der Waals surface area contributed by atoms with Crippen LogP contribution in [0.15, 0.2) is 71.5 Å². The third-order valence-electron chi connectivity index (χ3n) is 4.89. The molecule has 1 aliphatic rings. The molecule has 0 saturated carbocycles. The number of benzene rings is 2. The molecule has 1 atom stereocenters. The molecule has 0 spiro atoms. The minimum absolute atomic E-state index is 0.126. The highest BCUT2D eigenvalue weighted by molar-refractivity contribution is 6.33. The number of nitrogens with zero attached hydrogens (tertiary/aromatic N) is 3. The van der Waals surface area contributed by atoms with Crippen LogP contribution in [0.25, 0.3) is 11.3 Å². The Kier molecular flexibility index (Phi) is 5.74. The lowest BCUT2D eigenvalue weighted by Crippen LogP contribution is -2.44. The Balaban J connectivity index is 1.52. The number of halogens is 1. The summed E-state index contributed by atoms with van der Waals surface area (Å²) in [6.45, 7) is 1.26. The van der Waals surface area contributed by atoms with Crippen molar-refractivity contribution in [3.05, 3.63) is 87.7 Å². The Bertz CT molecular complexity index is 1070. The van der Waals surface area contributed by atoms with Gasteiger partial charge in [-0.2, -0.15) is 5.10 Å². The van der Waals surface area contributed by atoms with Crippen LogP contribution < -0.4 is 5.56 Å². The van der Waals surface area contributed by atoms with E-state index in [0.717, 1.165) is 5.56 Å². The quantitative estimate of drug-likeness (QED) is 0.664. The van der Waals surface area contributed by atoms with Gasteiger partial charge < -0.3 is 9.64 Å². The van der Waals surface area contributed by atoms with Crippen molar-refractivity contribution in [2.24, 2.45) is 0 Å². The third kappa shape index (κ3) is 4.39. The van der Waals surface area contributed by atoms with Crippen LogP contribution >= 0.6 is 11.6 Å². The molecule has 148 valence electrons. The first-order chi connectivity index (χ1) is 14.1. The molecule has 1 fully saturated rings. The lowest BCUT2D eigenvalue weighted by molar-refractivity contribution is -0.139. The molecule has 1 amide bonds. The zero-order chi connectivity index (χ0) is 20.2. The molecule has 7 heteroatoms. The highest BCUT2D eigenvalue weighted by atomic mass is 35.5. The second kappa shape index (κ2) is 8.59. The lowest BCUT2D eigenvalue weighted by Gasteiger charge is -2.33. The second-order valence-corrected chi connectivity index (χ2v) is 7.21. The summed E-state index contributed by atoms with van der Waals surface area (Å²) in [5.74, 6) is -0.167. The maximum Gasteiger partial charge on any atom is 0.267 e. The average Bonchev–Trinajstić information content (AvgIpc) is 2.76. The van der Waals surface area contributed by atoms with E-state index in [1.54, 1.807) is 17.0 Å². The van der Waals surface area contributed by atoms with Crippen LogP contribution in [-0.2, 0) is 16.1 Å². The van der Waals surface area contributed by atoms with E-state index >= 15 is 0 Å². The minimum atomic E-state index is -0.331. The van der Waals surface area contributed by atoms with E-state index in [-0.39, 0.29) is 24.1 Å². The number of hydrogen-bond acceptors (Lipinski definition) is 4. The van der Waals surface area contributed by atoms with Gasteiger partial charge in [-0.1, -0.05) is 60.1 Å². The van der Waals surface area contributed by atoms with E-state index in [9.17, 15) is 9.59 Å². The van der Waals surface area contributed by atoms with Gasteiger partial charge in [0.25, 0.3) is 5.56 Å². The van der Waals surface area contributed by atoms with Gasteiger partial charge in [-0.3, -0.25) is 9.59 Å². The first-order valence-electron chi connectivity index (χ1n) is 9.39. The van der Waals surface area contributed by atoms with Crippen LogP contribution in [0.1, 0.15) is 11.7 Å². The Morgan fingerprint density at radius 3 is 2.62 bits per heavy atom. The van der Waals surface area contributed by atoms with Crippen LogP contribution in [0.3, 0.4) is 0 Å². The van der Waals surface area contributed by atoms with Gasteiger partial charge in [0.05, 0.1) is 23.9 Å². The molecule has 0 N–H and O–H groups in total. The molecule has 3 aromatic rings. The van der Waals surface area contributed by atoms with E-state index in [4.69, 9.17) is 16.3 Å². The van der Waals surface area contributed by atoms with Gasteiger partial charge in [0.1, 0.15) is 12.6 Å². The molecule has 1 unspecified atom stereocenters. The van der Waals surface area contributed by atoms with E-state index in [0.29, 0.717) is 36.0 Å². The van der Waals surface area contributed by atoms with E-state index in [1.807, 2.05) is 48.5 Å². The van der Waals surface area contributed by atoms with Gasteiger partial charge in [-0.15, -0.1) is 0 Å². The minimum Gasteiger partial charge on any atom is -0.370 e. The van der Waals surface area contributed by atoms with E-state index < -0.39 is 0 Å². The zero-order valence-corrected chi connectivity index (χ0v) is 16.5. The monoisotopic (exact) mass is 409 g/mol. The Morgan fingerprint density at radius 1 is 1.07 bits per heavy atom. The molecule has 0 aliphatic carbocycles. The van der Waals surface area contributed by atoms with Crippen molar-refractivity contribution < 1.29 is 9.53 Å². The topological polar surface area (TPSA) is 64.4 Å². The van der Waals surface area contributed by atoms with Crippen LogP contribution in [0.4, 0.5) is 0 Å². The van der Waals surface area contributed by atoms with E-state index in [1.165, 1.54) is 10.7 Å². The second-order valence-electron chi connectivity index (χ2n) is 6.80. The van der Waals surface area contributed by atoms with Crippen molar-refractivity contribution in [1.82, 2.24) is 14.7 Å². The average molecular weight is 410 g/mol. The standard InChI is InChI=1S/C22H20ClN3O3/c23-18-9-5-4-8-17(18)19-10-11-21(27)26(24-19)15-22(28)25-12-13-29-20(14-25)16-6-2-1-3-7-16/h1-11,20H,12-15H2. The predicted octanol–water partition coefficient (Wildman–Crippen LogP) is 3.16. The molecule has 6 nitrogen and oxygen atoms in total. The summed E-state index contributed by atoms with van der Waals surface area (Å²) in [5, 5.41) is 4.89. The Hall–Kier alpha value is -2.96. The predicted molar refractivity (Wildman–Crippen MR) is 111 cm³/mol. The Labute approximate surface area is 173 Å². The summed E-state index contributed by atoms with van der Waals surface area (Å²) in [6, 6.07) is 20.1. The fourth-order valence-corrected chi connectivity index (χ4v) is 3.58. The molecule has 2 heterocycles. The van der Waals surface area contributed by atoms with Gasteiger partial charge in [-0.25, -0.2) is 4.68 Å². The molecule has 0 bridgehead atoms. The maximum atomic E-state index is 12.9. The fourth-order valence-electron chi connectivity index (χ4n) is 3.35. The molecule has 1 saturated heterocycles. The molecule has 0 radical (unpaired) electrons. The molecule has 4 rings (SSSR count). The highest BCUT2D eigenvalue weighted by Crippen LogP contribution is 2.25. The molecular formula is C22H20ClN3O3. The molecule has 1 aliphatic heterocycles. The van der Waals surface area contributed by atoms with Crippen LogP contribution in [0.5, 0.6) is 0 Å². The van der Waals surface area contributed by atoms with Crippen molar-refractivity contribution in [3.8, 4) is 11.3 Å². The summed E-state index contributed by atoms with van der Waals surface area (Å²) < 4.78 is 7.00. The van der Waals surface area contributed by atoms with Crippen molar-refractivity contribution in [3.63, 3.8) is 0 Å². The number of carbonyl (C=O) groups is 1. The largest absolute Gasteiger partial charge is 0.370 e. The molecule has 2 aromatic carbocycles. The number of morpholine rings is 1. The van der Waals surface area contributed by atoms with Crippen LogP contribution in [0.2, 0.25) is 5.02 Å². The summed E-state index contributed by atoms with van der Waals surface area (Å²) >= 11 is 6.24. The highest BCUT2D eigenvalue weighted by Gasteiger charge is 2.25. The normalized spacial score (nSPS) is 16.6. The van der Waals surface area contributed by atoms with Crippen molar-refractivity contribution in [2.45, 2.75) is 12.6 Å². The smallest absolute Gasteiger partial charge is 0.267 e. The SMILES string of the molecule is O=C(Cn1nc(-c2ccccc2Cl)ccc1=O)N1CCOC(c2ccccc2)C1. The van der Waals surface area contributed by atoms with Gasteiger partial charge >= 0.3 is 0 Å². The van der Waals surface area contributed by atoms with Crippen molar-refractivity contribution in [1.29, 1.82) is 0 Å². The van der Waals surface area contributed by atoms with Gasteiger partial charge in [0.2, 0.25) is 5.91 Å². The number of amides is 1.